The lowest BCUT2D eigenvalue weighted by Gasteiger charge is -2.23. The Labute approximate surface area is 189 Å². The summed E-state index contributed by atoms with van der Waals surface area (Å²) in [4.78, 5) is 37.1. The van der Waals surface area contributed by atoms with Crippen molar-refractivity contribution in [2.45, 2.75) is 38.5 Å². The van der Waals surface area contributed by atoms with Crippen molar-refractivity contribution in [3.8, 4) is 11.8 Å². The highest BCUT2D eigenvalue weighted by molar-refractivity contribution is 5.94. The van der Waals surface area contributed by atoms with Crippen LogP contribution in [-0.4, -0.2) is 60.6 Å². The first kappa shape index (κ1) is 21.2. The van der Waals surface area contributed by atoms with E-state index < -0.39 is 23.7 Å². The number of hydrogen-bond acceptors (Lipinski definition) is 8. The molecule has 0 spiro atoms. The fourth-order valence-electron chi connectivity index (χ4n) is 5.05. The van der Waals surface area contributed by atoms with Crippen LogP contribution in [0.25, 0.3) is 11.2 Å². The molecule has 0 aliphatic heterocycles. The van der Waals surface area contributed by atoms with E-state index >= 15 is 0 Å². The Hall–Kier alpha value is -3.61. The predicted molar refractivity (Wildman–Crippen MR) is 120 cm³/mol. The van der Waals surface area contributed by atoms with Crippen LogP contribution in [0.4, 0.5) is 5.82 Å². The summed E-state index contributed by atoms with van der Waals surface area (Å²) in [5.74, 6) is 6.38. The van der Waals surface area contributed by atoms with Crippen molar-refractivity contribution in [2.24, 2.45) is 11.3 Å². The zero-order chi connectivity index (χ0) is 23.5. The third-order valence-corrected chi connectivity index (χ3v) is 6.92. The molecular weight excluding hydrogens is 422 g/mol. The molecule has 3 aromatic rings. The Kier molecular flexibility index (Phi) is 4.81. The number of nitrogens with one attached hydrogen (secondary N) is 1. The van der Waals surface area contributed by atoms with Gasteiger partial charge in [0.15, 0.2) is 22.8 Å². The summed E-state index contributed by atoms with van der Waals surface area (Å²) in [5, 5.41) is 24.3. The molecule has 168 valence electrons. The van der Waals surface area contributed by atoms with Gasteiger partial charge >= 0.3 is 0 Å². The van der Waals surface area contributed by atoms with Gasteiger partial charge in [-0.2, -0.15) is 0 Å². The van der Waals surface area contributed by atoms with E-state index in [2.05, 4.69) is 32.1 Å². The Bertz CT molecular complexity index is 1350. The minimum Gasteiger partial charge on any atom is -0.389 e. The highest BCUT2D eigenvalue weighted by Crippen LogP contribution is 2.68. The zero-order valence-electron chi connectivity index (χ0n) is 18.4. The van der Waals surface area contributed by atoms with Crippen molar-refractivity contribution >= 4 is 28.5 Å². The number of carbonyl (C=O) groups is 2. The molecule has 2 aliphatic carbocycles. The molecule has 5 atom stereocenters. The summed E-state index contributed by atoms with van der Waals surface area (Å²) >= 11 is 0. The highest BCUT2D eigenvalue weighted by atomic mass is 16.3. The van der Waals surface area contributed by atoms with Gasteiger partial charge in [-0.05, 0) is 44.2 Å². The molecule has 9 heteroatoms. The van der Waals surface area contributed by atoms with Gasteiger partial charge in [-0.15, -0.1) is 0 Å². The quantitative estimate of drug-likeness (QED) is 0.405. The van der Waals surface area contributed by atoms with Gasteiger partial charge in [-0.3, -0.25) is 9.59 Å². The minimum atomic E-state index is -1.12. The molecule has 3 N–H and O–H groups in total. The fourth-order valence-corrected chi connectivity index (χ4v) is 5.05. The van der Waals surface area contributed by atoms with Gasteiger partial charge in [-0.1, -0.05) is 18.1 Å². The number of benzene rings is 1. The molecule has 0 saturated heterocycles. The second kappa shape index (κ2) is 7.47. The standard InChI is InChI=1S/C24H23N5O4/c1-12(30)15-7-4-14(5-8-15)6-9-17-27-22(25-3)18-23(28-17)29(11-26-18)19-16-10-24(16,13(2)31)21(33)20(19)32/h4-5,7-8,11,16,19-21,32-33H,10H2,1-3H3,(H,25,27,28)/t16?,19-,20+,21?,24-/m1/s1. The topological polar surface area (TPSA) is 130 Å². The van der Waals surface area contributed by atoms with E-state index in [4.69, 9.17) is 0 Å². The van der Waals surface area contributed by atoms with E-state index in [1.807, 2.05) is 0 Å². The first-order chi connectivity index (χ1) is 15.8. The summed E-state index contributed by atoms with van der Waals surface area (Å²) < 4.78 is 1.72. The van der Waals surface area contributed by atoms with Gasteiger partial charge < -0.3 is 20.1 Å². The smallest absolute Gasteiger partial charge is 0.209 e. The van der Waals surface area contributed by atoms with Crippen LogP contribution >= 0.6 is 0 Å². The molecule has 0 amide bonds. The van der Waals surface area contributed by atoms with Gasteiger partial charge in [0, 0.05) is 18.2 Å². The monoisotopic (exact) mass is 445 g/mol. The Morgan fingerprint density at radius 3 is 2.48 bits per heavy atom. The van der Waals surface area contributed by atoms with E-state index in [1.165, 1.54) is 13.8 Å². The van der Waals surface area contributed by atoms with E-state index in [0.29, 0.717) is 34.5 Å². The number of Topliss-reactive ketones (excluding diaryl/α,β-unsaturated/α-hetero) is 2. The largest absolute Gasteiger partial charge is 0.389 e. The lowest BCUT2D eigenvalue weighted by molar-refractivity contribution is -0.128. The second-order valence-electron chi connectivity index (χ2n) is 8.69. The Morgan fingerprint density at radius 1 is 1.15 bits per heavy atom. The molecule has 9 nitrogen and oxygen atoms in total. The number of aromatic nitrogens is 4. The first-order valence-corrected chi connectivity index (χ1v) is 10.7. The number of imidazole rings is 1. The number of aliphatic hydroxyl groups excluding tert-OH is 2. The van der Waals surface area contributed by atoms with Gasteiger partial charge in [-0.25, -0.2) is 15.0 Å². The molecule has 33 heavy (non-hydrogen) atoms. The van der Waals surface area contributed by atoms with E-state index in [9.17, 15) is 19.8 Å². The number of fused-ring (bicyclic) bond motifs is 2. The van der Waals surface area contributed by atoms with Crippen molar-refractivity contribution < 1.29 is 19.8 Å². The summed E-state index contributed by atoms with van der Waals surface area (Å²) in [6.07, 6.45) is -0.136. The zero-order valence-corrected chi connectivity index (χ0v) is 18.4. The van der Waals surface area contributed by atoms with Gasteiger partial charge in [0.25, 0.3) is 0 Å². The maximum absolute atomic E-state index is 12.2. The highest BCUT2D eigenvalue weighted by Gasteiger charge is 2.74. The first-order valence-electron chi connectivity index (χ1n) is 10.7. The average molecular weight is 445 g/mol. The number of anilines is 1. The van der Waals surface area contributed by atoms with Crippen LogP contribution < -0.4 is 5.32 Å². The van der Waals surface area contributed by atoms with Crippen molar-refractivity contribution in [2.75, 3.05) is 12.4 Å². The van der Waals surface area contributed by atoms with E-state index in [-0.39, 0.29) is 23.3 Å². The van der Waals surface area contributed by atoms with Crippen LogP contribution in [0.3, 0.4) is 0 Å². The molecule has 2 aromatic heterocycles. The third-order valence-electron chi connectivity index (χ3n) is 6.92. The van der Waals surface area contributed by atoms with Crippen molar-refractivity contribution in [1.82, 2.24) is 19.5 Å². The molecule has 2 heterocycles. The Morgan fingerprint density at radius 2 is 1.88 bits per heavy atom. The average Bonchev–Trinajstić information content (AvgIpc) is 3.35. The molecule has 0 radical (unpaired) electrons. The van der Waals surface area contributed by atoms with Gasteiger partial charge in [0.05, 0.1) is 23.9 Å². The van der Waals surface area contributed by atoms with Crippen LogP contribution in [0.1, 0.15) is 48.1 Å². The summed E-state index contributed by atoms with van der Waals surface area (Å²) in [6.45, 7) is 2.97. The lowest BCUT2D eigenvalue weighted by atomic mass is 9.95. The summed E-state index contributed by atoms with van der Waals surface area (Å²) in [5.41, 5.74) is 1.40. The Balaban J connectivity index is 1.54. The molecule has 5 rings (SSSR count). The normalized spacial score (nSPS) is 27.5. The molecular formula is C24H23N5O4. The maximum atomic E-state index is 12.2. The summed E-state index contributed by atoms with van der Waals surface area (Å²) in [6, 6.07) is 6.43. The van der Waals surface area contributed by atoms with Crippen LogP contribution in [0.5, 0.6) is 0 Å². The minimum absolute atomic E-state index is 0.0149. The van der Waals surface area contributed by atoms with Gasteiger partial charge in [0.2, 0.25) is 5.82 Å². The van der Waals surface area contributed by atoms with Gasteiger partial charge in [0.1, 0.15) is 11.9 Å². The van der Waals surface area contributed by atoms with Crippen molar-refractivity contribution in [3.05, 3.63) is 47.5 Å². The van der Waals surface area contributed by atoms with Crippen molar-refractivity contribution in [3.63, 3.8) is 0 Å². The molecule has 0 bridgehead atoms. The molecule has 2 fully saturated rings. The van der Waals surface area contributed by atoms with E-state index in [1.54, 1.807) is 42.2 Å². The van der Waals surface area contributed by atoms with E-state index in [0.717, 1.165) is 0 Å². The van der Waals surface area contributed by atoms with Crippen LogP contribution in [-0.2, 0) is 4.79 Å². The number of hydrogen-bond donors (Lipinski definition) is 3. The SMILES string of the molecule is CNc1nc(C#Cc2ccc(C(C)=O)cc2)nc2c1ncn2[C@@H]1C2C[C@]2(C(C)=O)C(O)[C@H]1O. The maximum Gasteiger partial charge on any atom is 0.209 e. The van der Waals surface area contributed by atoms with Crippen LogP contribution in [0.2, 0.25) is 0 Å². The number of nitrogens with zero attached hydrogens (tertiary/aromatic N) is 4. The lowest BCUT2D eigenvalue weighted by Crippen LogP contribution is -2.36. The second-order valence-corrected chi connectivity index (χ2v) is 8.69. The van der Waals surface area contributed by atoms with Crippen LogP contribution in [0, 0.1) is 23.2 Å². The number of aliphatic hydroxyl groups is 2. The van der Waals surface area contributed by atoms with Crippen molar-refractivity contribution in [1.29, 1.82) is 0 Å². The third kappa shape index (κ3) is 3.14. The fraction of sp³-hybridized carbons (Fsp3) is 0.375. The molecule has 2 aliphatic rings. The number of carbonyl (C=O) groups excluding carboxylic acids is 2. The number of rotatable bonds is 4. The molecule has 2 unspecified atom stereocenters. The van der Waals surface area contributed by atoms with Crippen LogP contribution in [0.15, 0.2) is 30.6 Å². The number of ketones is 2. The molecule has 1 aromatic carbocycles. The predicted octanol–water partition coefficient (Wildman–Crippen LogP) is 1.34. The molecule has 2 saturated carbocycles. The summed E-state index contributed by atoms with van der Waals surface area (Å²) in [7, 11) is 1.72.